The minimum Gasteiger partial charge on any atom is -0.393 e. The molecule has 1 aromatic carbocycles. The summed E-state index contributed by atoms with van der Waals surface area (Å²) in [6.07, 6.45) is 4.96. The molecule has 0 aliphatic heterocycles. The molecule has 1 heteroatoms. The van der Waals surface area contributed by atoms with Crippen LogP contribution in [0.4, 0.5) is 0 Å². The Morgan fingerprint density at radius 3 is 2.64 bits per heavy atom. The summed E-state index contributed by atoms with van der Waals surface area (Å²) < 4.78 is 0. The van der Waals surface area contributed by atoms with Crippen molar-refractivity contribution in [1.82, 2.24) is 0 Å². The summed E-state index contributed by atoms with van der Waals surface area (Å²) in [6.45, 7) is 2.19. The number of aliphatic hydroxyl groups is 1. The van der Waals surface area contributed by atoms with Crippen molar-refractivity contribution in [2.24, 2.45) is 0 Å². The number of benzene rings is 1. The highest BCUT2D eigenvalue weighted by Crippen LogP contribution is 2.22. The number of aliphatic hydroxyl groups excluding tert-OH is 1. The van der Waals surface area contributed by atoms with Gasteiger partial charge in [-0.05, 0) is 48.8 Å². The Balaban J connectivity index is 2.27. The van der Waals surface area contributed by atoms with E-state index in [0.29, 0.717) is 0 Å². The van der Waals surface area contributed by atoms with Gasteiger partial charge in [0.1, 0.15) is 0 Å². The molecule has 1 atom stereocenters. The molecule has 14 heavy (non-hydrogen) atoms. The molecular formula is C13H18O. The fraction of sp³-hybridized carbons (Fsp3) is 0.538. The summed E-state index contributed by atoms with van der Waals surface area (Å²) in [6, 6.07) is 6.77. The van der Waals surface area contributed by atoms with E-state index in [2.05, 4.69) is 25.1 Å². The van der Waals surface area contributed by atoms with Crippen molar-refractivity contribution in [3.05, 3.63) is 34.9 Å². The van der Waals surface area contributed by atoms with Gasteiger partial charge < -0.3 is 5.11 Å². The lowest BCUT2D eigenvalue weighted by Crippen LogP contribution is -2.05. The van der Waals surface area contributed by atoms with Crippen LogP contribution in [0.2, 0.25) is 0 Å². The third kappa shape index (κ3) is 1.98. The van der Waals surface area contributed by atoms with Crippen molar-refractivity contribution in [1.29, 1.82) is 0 Å². The minimum absolute atomic E-state index is 0.0903. The van der Waals surface area contributed by atoms with Gasteiger partial charge in [0, 0.05) is 0 Å². The number of rotatable bonds is 1. The van der Waals surface area contributed by atoms with Crippen LogP contribution in [0.1, 0.15) is 36.5 Å². The molecule has 0 amide bonds. The van der Waals surface area contributed by atoms with Crippen LogP contribution >= 0.6 is 0 Å². The molecule has 0 radical (unpaired) electrons. The number of hydrogen-bond donors (Lipinski definition) is 1. The van der Waals surface area contributed by atoms with E-state index in [1.807, 2.05) is 0 Å². The smallest absolute Gasteiger partial charge is 0.0546 e. The molecule has 0 saturated carbocycles. The van der Waals surface area contributed by atoms with Crippen molar-refractivity contribution in [3.8, 4) is 0 Å². The fourth-order valence-electron chi connectivity index (χ4n) is 2.16. The zero-order valence-corrected chi connectivity index (χ0v) is 8.79. The Kier molecular flexibility index (Phi) is 2.87. The molecule has 0 spiro atoms. The highest BCUT2D eigenvalue weighted by Gasteiger charge is 2.13. The molecule has 2 rings (SSSR count). The maximum Gasteiger partial charge on any atom is 0.0546 e. The van der Waals surface area contributed by atoms with E-state index in [0.717, 1.165) is 32.1 Å². The molecule has 1 N–H and O–H groups in total. The van der Waals surface area contributed by atoms with Gasteiger partial charge in [-0.3, -0.25) is 0 Å². The SMILES string of the molecule is CCc1ccc2c(c1)CCC(O)CC2. The second kappa shape index (κ2) is 4.14. The van der Waals surface area contributed by atoms with Crippen molar-refractivity contribution < 1.29 is 5.11 Å². The average Bonchev–Trinajstić information content (AvgIpc) is 2.40. The van der Waals surface area contributed by atoms with E-state index < -0.39 is 0 Å². The number of fused-ring (bicyclic) bond motifs is 1. The predicted octanol–water partition coefficient (Wildman–Crippen LogP) is 2.49. The van der Waals surface area contributed by atoms with Crippen LogP contribution in [0.15, 0.2) is 18.2 Å². The standard InChI is InChI=1S/C13H18O/c1-2-10-3-4-11-5-7-13(14)8-6-12(11)9-10/h3-4,9,13-14H,2,5-8H2,1H3. The second-order valence-corrected chi connectivity index (χ2v) is 4.19. The Morgan fingerprint density at radius 1 is 1.21 bits per heavy atom. The van der Waals surface area contributed by atoms with E-state index in [1.54, 1.807) is 0 Å². The quantitative estimate of drug-likeness (QED) is 0.674. The van der Waals surface area contributed by atoms with Gasteiger partial charge in [-0.25, -0.2) is 0 Å². The third-order valence-corrected chi connectivity index (χ3v) is 3.17. The maximum absolute atomic E-state index is 9.59. The zero-order chi connectivity index (χ0) is 9.97. The zero-order valence-electron chi connectivity index (χ0n) is 8.79. The van der Waals surface area contributed by atoms with Crippen LogP contribution in [0, 0.1) is 0 Å². The first-order valence-corrected chi connectivity index (χ1v) is 5.58. The largest absolute Gasteiger partial charge is 0.393 e. The first-order chi connectivity index (χ1) is 6.79. The summed E-state index contributed by atoms with van der Waals surface area (Å²) in [5, 5.41) is 9.59. The molecular weight excluding hydrogens is 172 g/mol. The molecule has 1 aliphatic carbocycles. The minimum atomic E-state index is -0.0903. The van der Waals surface area contributed by atoms with Crippen molar-refractivity contribution in [3.63, 3.8) is 0 Å². The number of aryl methyl sites for hydroxylation is 3. The molecule has 0 heterocycles. The van der Waals surface area contributed by atoms with Gasteiger partial charge >= 0.3 is 0 Å². The van der Waals surface area contributed by atoms with E-state index in [-0.39, 0.29) is 6.10 Å². The van der Waals surface area contributed by atoms with Crippen LogP contribution < -0.4 is 0 Å². The highest BCUT2D eigenvalue weighted by molar-refractivity contribution is 5.33. The summed E-state index contributed by atoms with van der Waals surface area (Å²) in [4.78, 5) is 0. The van der Waals surface area contributed by atoms with E-state index in [4.69, 9.17) is 0 Å². The molecule has 1 aromatic rings. The molecule has 1 nitrogen and oxygen atoms in total. The monoisotopic (exact) mass is 190 g/mol. The Bertz CT molecular complexity index is 317. The first-order valence-electron chi connectivity index (χ1n) is 5.58. The van der Waals surface area contributed by atoms with Gasteiger partial charge in [-0.1, -0.05) is 25.1 Å². The van der Waals surface area contributed by atoms with Crippen LogP contribution in [-0.2, 0) is 19.3 Å². The summed E-state index contributed by atoms with van der Waals surface area (Å²) >= 11 is 0. The Morgan fingerprint density at radius 2 is 1.93 bits per heavy atom. The lowest BCUT2D eigenvalue weighted by Gasteiger charge is -2.06. The highest BCUT2D eigenvalue weighted by atomic mass is 16.3. The first kappa shape index (κ1) is 9.72. The molecule has 0 saturated heterocycles. The lowest BCUT2D eigenvalue weighted by atomic mass is 9.99. The van der Waals surface area contributed by atoms with E-state index >= 15 is 0 Å². The Labute approximate surface area is 85.8 Å². The summed E-state index contributed by atoms with van der Waals surface area (Å²) in [5.41, 5.74) is 4.32. The van der Waals surface area contributed by atoms with Gasteiger partial charge in [0.05, 0.1) is 6.10 Å². The van der Waals surface area contributed by atoms with Gasteiger partial charge in [0.15, 0.2) is 0 Å². The molecule has 1 unspecified atom stereocenters. The third-order valence-electron chi connectivity index (χ3n) is 3.17. The fourth-order valence-corrected chi connectivity index (χ4v) is 2.16. The van der Waals surface area contributed by atoms with Gasteiger partial charge in [0.25, 0.3) is 0 Å². The van der Waals surface area contributed by atoms with Crippen LogP contribution in [0.5, 0.6) is 0 Å². The number of hydrogen-bond acceptors (Lipinski definition) is 1. The topological polar surface area (TPSA) is 20.2 Å². The van der Waals surface area contributed by atoms with E-state index in [9.17, 15) is 5.11 Å². The molecule has 0 bridgehead atoms. The van der Waals surface area contributed by atoms with Crippen LogP contribution in [0.25, 0.3) is 0 Å². The summed E-state index contributed by atoms with van der Waals surface area (Å²) in [5.74, 6) is 0. The molecule has 1 aliphatic rings. The summed E-state index contributed by atoms with van der Waals surface area (Å²) in [7, 11) is 0. The molecule has 0 fully saturated rings. The van der Waals surface area contributed by atoms with Gasteiger partial charge in [-0.2, -0.15) is 0 Å². The Hall–Kier alpha value is -0.820. The van der Waals surface area contributed by atoms with Gasteiger partial charge in [-0.15, -0.1) is 0 Å². The maximum atomic E-state index is 9.59. The normalized spacial score (nSPS) is 21.4. The second-order valence-electron chi connectivity index (χ2n) is 4.19. The molecule has 0 aromatic heterocycles. The van der Waals surface area contributed by atoms with Crippen molar-refractivity contribution in [2.45, 2.75) is 45.1 Å². The van der Waals surface area contributed by atoms with Crippen molar-refractivity contribution >= 4 is 0 Å². The lowest BCUT2D eigenvalue weighted by molar-refractivity contribution is 0.158. The van der Waals surface area contributed by atoms with Crippen LogP contribution in [-0.4, -0.2) is 11.2 Å². The molecule has 76 valence electrons. The average molecular weight is 190 g/mol. The predicted molar refractivity (Wildman–Crippen MR) is 58.5 cm³/mol. The van der Waals surface area contributed by atoms with Gasteiger partial charge in [0.2, 0.25) is 0 Å². The van der Waals surface area contributed by atoms with E-state index in [1.165, 1.54) is 16.7 Å². The van der Waals surface area contributed by atoms with Crippen LogP contribution in [0.3, 0.4) is 0 Å². The van der Waals surface area contributed by atoms with Crippen molar-refractivity contribution in [2.75, 3.05) is 0 Å².